The van der Waals surface area contributed by atoms with Gasteiger partial charge in [0.25, 0.3) is 0 Å². The molecule has 35 heteroatoms. The Labute approximate surface area is 406 Å². The molecule has 0 spiro atoms. The van der Waals surface area contributed by atoms with E-state index in [0.717, 1.165) is 0 Å². The molecule has 6 aliphatic rings. The minimum absolute atomic E-state index is 0.791. The average Bonchev–Trinajstić information content (AvgIpc) is 3.34. The van der Waals surface area contributed by atoms with E-state index in [1.807, 2.05) is 0 Å². The number of hydrogen-bond acceptors (Lipinski definition) is 34. The molecular formula is C37H62O34P-3. The number of aliphatic hydroxyl groups excluding tert-OH is 17. The van der Waals surface area contributed by atoms with E-state index >= 15 is 0 Å². The molecule has 0 radical (unpaired) electrons. The summed E-state index contributed by atoms with van der Waals surface area (Å²) in [5.74, 6) is 0. The highest BCUT2D eigenvalue weighted by Crippen LogP contribution is 2.36. The highest BCUT2D eigenvalue weighted by atomic mass is 31.2. The molecule has 422 valence electrons. The maximum Gasteiger partial charge on any atom is 0.187 e. The minimum atomic E-state index is -5.66. The lowest BCUT2D eigenvalue weighted by Crippen LogP contribution is -2.67. The maximum atomic E-state index is 11.5. The number of hydrogen-bond donors (Lipinski definition) is 17. The third-order valence-electron chi connectivity index (χ3n) is 12.9. The van der Waals surface area contributed by atoms with Gasteiger partial charge in [-0.05, 0) is 6.92 Å². The molecule has 0 amide bonds. The summed E-state index contributed by atoms with van der Waals surface area (Å²) >= 11 is 0. The molecule has 0 aromatic heterocycles. The fourth-order valence-corrected chi connectivity index (χ4v) is 8.99. The molecule has 34 nitrogen and oxygen atoms in total. The van der Waals surface area contributed by atoms with Gasteiger partial charge in [0.05, 0.1) is 53.6 Å². The Morgan fingerprint density at radius 1 is 0.389 bits per heavy atom. The van der Waals surface area contributed by atoms with Crippen LogP contribution in [0, 0.1) is 0 Å². The fraction of sp³-hybridized carbons (Fsp3) is 1.00. The monoisotopic (exact) mass is 1080 g/mol. The molecule has 30 atom stereocenters. The molecule has 6 aliphatic heterocycles. The second kappa shape index (κ2) is 25.6. The first kappa shape index (κ1) is 60.1. The fourth-order valence-electron chi connectivity index (χ4n) is 8.66. The Bertz CT molecular complexity index is 1710. The van der Waals surface area contributed by atoms with Crippen LogP contribution in [0.2, 0.25) is 0 Å². The minimum Gasteiger partial charge on any atom is -0.790 e. The van der Waals surface area contributed by atoms with Gasteiger partial charge in [0.1, 0.15) is 146 Å². The molecule has 0 aromatic rings. The molecular weight excluding hydrogens is 1020 g/mol. The van der Waals surface area contributed by atoms with Crippen LogP contribution in [0.5, 0.6) is 0 Å². The molecule has 12 unspecified atom stereocenters. The van der Waals surface area contributed by atoms with Gasteiger partial charge >= 0.3 is 0 Å². The number of aliphatic hydroxyl groups is 17. The lowest BCUT2D eigenvalue weighted by atomic mass is 9.94. The van der Waals surface area contributed by atoms with E-state index in [-0.39, 0.29) is 0 Å². The normalized spacial score (nSPS) is 50.7. The number of phosphoric ester groups is 1. The zero-order chi connectivity index (χ0) is 53.3. The molecule has 17 N–H and O–H groups in total. The Kier molecular flexibility index (Phi) is 21.4. The molecule has 6 rings (SSSR count). The van der Waals surface area contributed by atoms with E-state index in [4.69, 9.17) is 52.1 Å². The first-order chi connectivity index (χ1) is 33.8. The van der Waals surface area contributed by atoms with Crippen molar-refractivity contribution < 1.29 is 168 Å². The van der Waals surface area contributed by atoms with Gasteiger partial charge in [-0.25, -0.2) is 0 Å². The predicted octanol–water partition coefficient (Wildman–Crippen LogP) is -14.9. The topological polar surface area (TPSA) is 550 Å². The second-order valence-corrected chi connectivity index (χ2v) is 19.0. The van der Waals surface area contributed by atoms with Crippen LogP contribution in [0.15, 0.2) is 0 Å². The maximum absolute atomic E-state index is 11.5. The summed E-state index contributed by atoms with van der Waals surface area (Å²) < 4.78 is 76.8. The van der Waals surface area contributed by atoms with Crippen LogP contribution in [0.1, 0.15) is 6.92 Å². The van der Waals surface area contributed by atoms with Crippen molar-refractivity contribution in [3.63, 3.8) is 0 Å². The third kappa shape index (κ3) is 13.4. The molecule has 6 saturated heterocycles. The van der Waals surface area contributed by atoms with E-state index in [2.05, 4.69) is 9.41 Å². The van der Waals surface area contributed by atoms with Crippen molar-refractivity contribution in [2.24, 2.45) is 0 Å². The van der Waals surface area contributed by atoms with Crippen LogP contribution in [0.3, 0.4) is 0 Å². The van der Waals surface area contributed by atoms with Gasteiger partial charge in [-0.3, -0.25) is 0 Å². The Hall–Kier alpha value is -1.09. The molecule has 0 bridgehead atoms. The summed E-state index contributed by atoms with van der Waals surface area (Å²) in [6.45, 7) is -4.26. The first-order valence-electron chi connectivity index (χ1n) is 22.3. The van der Waals surface area contributed by atoms with Crippen LogP contribution in [-0.4, -0.2) is 311 Å². The van der Waals surface area contributed by atoms with Crippen LogP contribution >= 0.6 is 7.82 Å². The highest BCUT2D eigenvalue weighted by Gasteiger charge is 2.56. The van der Waals surface area contributed by atoms with Gasteiger partial charge in [-0.15, -0.1) is 0 Å². The van der Waals surface area contributed by atoms with Crippen LogP contribution in [0.4, 0.5) is 0 Å². The number of rotatable bonds is 19. The highest BCUT2D eigenvalue weighted by molar-refractivity contribution is 7.43. The van der Waals surface area contributed by atoms with Crippen molar-refractivity contribution in [3.05, 3.63) is 0 Å². The Morgan fingerprint density at radius 3 is 1.22 bits per heavy atom. The van der Waals surface area contributed by atoms with Crippen LogP contribution in [-0.2, 0) is 66.1 Å². The molecule has 0 aliphatic carbocycles. The van der Waals surface area contributed by atoms with Gasteiger partial charge in [0.15, 0.2) is 31.5 Å². The van der Waals surface area contributed by atoms with Gasteiger partial charge in [-0.2, -0.15) is 0 Å². The van der Waals surface area contributed by atoms with Crippen molar-refractivity contribution in [2.75, 3.05) is 39.6 Å². The Morgan fingerprint density at radius 2 is 0.750 bits per heavy atom. The van der Waals surface area contributed by atoms with Crippen molar-refractivity contribution >= 4 is 7.82 Å². The van der Waals surface area contributed by atoms with E-state index < -0.39 is 232 Å². The molecule has 0 saturated carbocycles. The predicted molar refractivity (Wildman–Crippen MR) is 208 cm³/mol. The van der Waals surface area contributed by atoms with Crippen molar-refractivity contribution in [1.29, 1.82) is 0 Å². The van der Waals surface area contributed by atoms with Crippen molar-refractivity contribution in [2.45, 2.75) is 191 Å². The first-order valence-corrected chi connectivity index (χ1v) is 23.8. The van der Waals surface area contributed by atoms with Gasteiger partial charge in [-0.1, -0.05) is 0 Å². The third-order valence-corrected chi connectivity index (χ3v) is 13.4. The zero-order valence-corrected chi connectivity index (χ0v) is 38.4. The van der Waals surface area contributed by atoms with E-state index in [1.165, 1.54) is 6.92 Å². The summed E-state index contributed by atoms with van der Waals surface area (Å²) in [7, 11) is -5.66. The smallest absolute Gasteiger partial charge is 0.187 e. The SMILES string of the molecule is C[C@@H]1OC(CO[C@H]2OC(CO[C@H]3OC(CO)[C@@H](O)[C@H](O)C3O[C@@H]3OC(CO[O-])[C@@H](O)[C@H](O)C3O)[C@@H](O)[C@H](O)C2O)[C@@H](O)[C@H](O[C@@H]2OC(CO)[C@@H](O)[C@H](O)C2O[C@H]2OC(COP(=O)([O-])[O-])[C@@H](O)[C@H](O)C2O)C1O. The molecule has 0 aromatic carbocycles. The van der Waals surface area contributed by atoms with E-state index in [0.29, 0.717) is 0 Å². The zero-order valence-electron chi connectivity index (χ0n) is 37.6. The van der Waals surface area contributed by atoms with Crippen molar-refractivity contribution in [1.82, 2.24) is 0 Å². The largest absolute Gasteiger partial charge is 0.790 e. The average molecular weight is 1080 g/mol. The van der Waals surface area contributed by atoms with Gasteiger partial charge in [0, 0.05) is 0 Å². The summed E-state index contributed by atoms with van der Waals surface area (Å²) in [4.78, 5) is 25.9. The lowest BCUT2D eigenvalue weighted by molar-refractivity contribution is -0.692. The lowest BCUT2D eigenvalue weighted by Gasteiger charge is -2.48. The van der Waals surface area contributed by atoms with E-state index in [9.17, 15) is 106 Å². The number of phosphoric acid groups is 1. The summed E-state index contributed by atoms with van der Waals surface area (Å²) in [6.07, 6.45) is -57.0. The summed E-state index contributed by atoms with van der Waals surface area (Å²) in [5.41, 5.74) is 0. The number of ether oxygens (including phenoxy) is 11. The van der Waals surface area contributed by atoms with Crippen molar-refractivity contribution in [3.8, 4) is 0 Å². The van der Waals surface area contributed by atoms with Crippen LogP contribution < -0.4 is 15.0 Å². The molecule has 6 heterocycles. The standard InChI is InChI=1S/C37H65O34P/c1-8-15(40)30(69-37-32(26(51)17(42)10(3-39)65-37)71-35-29(54)24(49)20(45)14(68-35)7-62-72(56,57)58)21(46)12(63-8)5-59-33-27(52)22(47)18(43)11(66-33)4-60-36-31(25(50)16(41)9(2-38)64-36)70-34-28(53)23(48)19(44)13(67-34)6-61-55/h8-55H,2-7H2,1H3,(H2,56,57,58)/p-3/t8-,9?,10?,11?,12?,13?,14?,15?,16+,17+,18+,19+,20+,21+,22-,23-,24-,25-,26-,27?,28?,29?,30+,31?,32?,33-,34-,35+,36-,37-/m0/s1. The summed E-state index contributed by atoms with van der Waals surface area (Å²) in [6, 6.07) is 0. The molecule has 6 fully saturated rings. The van der Waals surface area contributed by atoms with Gasteiger partial charge in [0.2, 0.25) is 0 Å². The van der Waals surface area contributed by atoms with Gasteiger partial charge < -0.3 is 168 Å². The van der Waals surface area contributed by atoms with E-state index in [1.54, 1.807) is 0 Å². The molecule has 72 heavy (non-hydrogen) atoms. The van der Waals surface area contributed by atoms with Crippen LogP contribution in [0.25, 0.3) is 0 Å². The summed E-state index contributed by atoms with van der Waals surface area (Å²) in [5, 5.41) is 192. The Balaban J connectivity index is 1.13. The quantitative estimate of drug-likeness (QED) is 0.0324. The second-order valence-electron chi connectivity index (χ2n) is 17.8.